The lowest BCUT2D eigenvalue weighted by Crippen LogP contribution is -2.20. The van der Waals surface area contributed by atoms with E-state index in [1.165, 1.54) is 18.3 Å². The smallest absolute Gasteiger partial charge is 0.323 e. The Labute approximate surface area is 222 Å². The van der Waals surface area contributed by atoms with Crippen LogP contribution in [0.2, 0.25) is 0 Å². The number of pyridine rings is 1. The number of hydrogen-bond donors (Lipinski definition) is 2. The molecule has 0 aliphatic rings. The zero-order valence-corrected chi connectivity index (χ0v) is 21.1. The Kier molecular flexibility index (Phi) is 8.48. The summed E-state index contributed by atoms with van der Waals surface area (Å²) in [5, 5.41) is 14.6. The second kappa shape index (κ2) is 12.1. The number of urea groups is 1. The first-order valence-corrected chi connectivity index (χ1v) is 11.8. The number of nitrogens with zero attached hydrogens (tertiary/aromatic N) is 3. The Morgan fingerprint density at radius 1 is 0.974 bits per heavy atom. The van der Waals surface area contributed by atoms with Gasteiger partial charge in [0.15, 0.2) is 0 Å². The third-order valence-electron chi connectivity index (χ3n) is 5.53. The highest BCUT2D eigenvalue weighted by Crippen LogP contribution is 2.34. The van der Waals surface area contributed by atoms with Crippen LogP contribution in [-0.2, 0) is 0 Å². The highest BCUT2D eigenvalue weighted by atomic mass is 19.1. The first-order chi connectivity index (χ1) is 18.7. The summed E-state index contributed by atoms with van der Waals surface area (Å²) in [4.78, 5) is 18.5. The normalized spacial score (nSPS) is 10.8. The molecule has 3 aromatic carbocycles. The molecule has 1 heterocycles. The van der Waals surface area contributed by atoms with E-state index in [-0.39, 0.29) is 17.1 Å². The number of carbonyl (C=O) groups excluding carboxylic acids is 1. The van der Waals surface area contributed by atoms with Gasteiger partial charge in [-0.25, -0.2) is 18.0 Å². The van der Waals surface area contributed by atoms with Crippen molar-refractivity contribution in [2.24, 2.45) is 0 Å². The van der Waals surface area contributed by atoms with Gasteiger partial charge in [-0.2, -0.15) is 5.26 Å². The molecule has 1 aromatic heterocycles. The Bertz CT molecular complexity index is 1560. The van der Waals surface area contributed by atoms with E-state index in [4.69, 9.17) is 9.47 Å². The standard InChI is InChI=1S/C28H24F3N5O3/c1-36(2)10-3-11-38-27-15-25-20(12-17(27)16-32)26(8-9-33-25)39-19-5-7-24(22(31)14-19)35-28(37)34-23-6-4-18(29)13-21(23)30/h4-9,12-15H,3,10-11H2,1-2H3,(H2,34,35,37). The monoisotopic (exact) mass is 535 g/mol. The average molecular weight is 536 g/mol. The van der Waals surface area contributed by atoms with Crippen molar-refractivity contribution in [3.63, 3.8) is 0 Å². The molecule has 39 heavy (non-hydrogen) atoms. The fourth-order valence-corrected chi connectivity index (χ4v) is 3.66. The Hall–Kier alpha value is -4.82. The van der Waals surface area contributed by atoms with Crippen LogP contribution >= 0.6 is 0 Å². The molecule has 0 saturated heterocycles. The second-order valence-electron chi connectivity index (χ2n) is 8.74. The zero-order valence-electron chi connectivity index (χ0n) is 21.1. The predicted molar refractivity (Wildman–Crippen MR) is 141 cm³/mol. The molecule has 0 aliphatic heterocycles. The number of ether oxygens (including phenoxy) is 2. The number of nitrogens with one attached hydrogen (secondary N) is 2. The number of benzene rings is 3. The number of halogens is 3. The molecule has 0 spiro atoms. The van der Waals surface area contributed by atoms with Gasteiger partial charge in [0, 0.05) is 36.3 Å². The predicted octanol–water partition coefficient (Wildman–Crippen LogP) is 6.29. The molecule has 0 bridgehead atoms. The van der Waals surface area contributed by atoms with E-state index in [0.29, 0.717) is 40.6 Å². The molecule has 2 N–H and O–H groups in total. The Balaban J connectivity index is 1.48. The number of amides is 2. The molecule has 4 aromatic rings. The van der Waals surface area contributed by atoms with Crippen molar-refractivity contribution in [2.75, 3.05) is 37.9 Å². The number of hydrogen-bond acceptors (Lipinski definition) is 6. The molecular weight excluding hydrogens is 511 g/mol. The van der Waals surface area contributed by atoms with E-state index in [2.05, 4.69) is 21.7 Å². The largest absolute Gasteiger partial charge is 0.492 e. The number of carbonyl (C=O) groups is 1. The maximum absolute atomic E-state index is 14.7. The van der Waals surface area contributed by atoms with Crippen LogP contribution in [0.3, 0.4) is 0 Å². The van der Waals surface area contributed by atoms with Gasteiger partial charge >= 0.3 is 6.03 Å². The fraction of sp³-hybridized carbons (Fsp3) is 0.179. The minimum atomic E-state index is -0.971. The minimum absolute atomic E-state index is 0.123. The van der Waals surface area contributed by atoms with E-state index >= 15 is 0 Å². The molecule has 0 atom stereocenters. The van der Waals surface area contributed by atoms with Crippen molar-refractivity contribution in [3.8, 4) is 23.3 Å². The number of anilines is 2. The molecule has 0 aliphatic carbocycles. The lowest BCUT2D eigenvalue weighted by molar-refractivity contribution is 0.262. The highest BCUT2D eigenvalue weighted by molar-refractivity contribution is 6.00. The van der Waals surface area contributed by atoms with Crippen LogP contribution in [0.5, 0.6) is 17.2 Å². The van der Waals surface area contributed by atoms with E-state index in [0.717, 1.165) is 31.2 Å². The summed E-state index contributed by atoms with van der Waals surface area (Å²) in [6.07, 6.45) is 2.30. The summed E-state index contributed by atoms with van der Waals surface area (Å²) in [5.41, 5.74) is 0.375. The van der Waals surface area contributed by atoms with Gasteiger partial charge in [0.2, 0.25) is 0 Å². The van der Waals surface area contributed by atoms with Crippen molar-refractivity contribution in [3.05, 3.63) is 83.8 Å². The van der Waals surface area contributed by atoms with Gasteiger partial charge in [0.25, 0.3) is 0 Å². The summed E-state index contributed by atoms with van der Waals surface area (Å²) in [5.74, 6) is -1.71. The van der Waals surface area contributed by atoms with E-state index in [9.17, 15) is 23.2 Å². The first-order valence-electron chi connectivity index (χ1n) is 11.8. The number of aromatic nitrogens is 1. The third-order valence-corrected chi connectivity index (χ3v) is 5.53. The summed E-state index contributed by atoms with van der Waals surface area (Å²) in [6.45, 7) is 1.28. The second-order valence-corrected chi connectivity index (χ2v) is 8.74. The van der Waals surface area contributed by atoms with Crippen LogP contribution in [-0.4, -0.2) is 43.2 Å². The van der Waals surface area contributed by atoms with Crippen molar-refractivity contribution >= 4 is 28.3 Å². The molecule has 2 amide bonds. The molecule has 200 valence electrons. The Morgan fingerprint density at radius 2 is 1.69 bits per heavy atom. The SMILES string of the molecule is CN(C)CCCOc1cc2nccc(Oc3ccc(NC(=O)Nc4ccc(F)cc4F)c(F)c3)c2cc1C#N. The van der Waals surface area contributed by atoms with E-state index in [1.807, 2.05) is 19.0 Å². The van der Waals surface area contributed by atoms with Crippen molar-refractivity contribution < 1.29 is 27.4 Å². The number of nitriles is 1. The van der Waals surface area contributed by atoms with Gasteiger partial charge in [-0.05, 0) is 56.9 Å². The van der Waals surface area contributed by atoms with Crippen LogP contribution in [0.1, 0.15) is 12.0 Å². The zero-order chi connectivity index (χ0) is 27.9. The highest BCUT2D eigenvalue weighted by Gasteiger charge is 2.14. The van der Waals surface area contributed by atoms with Gasteiger partial charge in [-0.15, -0.1) is 0 Å². The molecule has 4 rings (SSSR count). The van der Waals surface area contributed by atoms with Crippen molar-refractivity contribution in [1.82, 2.24) is 9.88 Å². The fourth-order valence-electron chi connectivity index (χ4n) is 3.66. The molecule has 11 heteroatoms. The van der Waals surface area contributed by atoms with Crippen LogP contribution < -0.4 is 20.1 Å². The van der Waals surface area contributed by atoms with Crippen LogP contribution in [0.4, 0.5) is 29.3 Å². The van der Waals surface area contributed by atoms with Gasteiger partial charge in [-0.3, -0.25) is 4.98 Å². The maximum atomic E-state index is 14.7. The lowest BCUT2D eigenvalue weighted by Gasteiger charge is -2.14. The third kappa shape index (κ3) is 6.94. The quantitative estimate of drug-likeness (QED) is 0.244. The molecule has 8 nitrogen and oxygen atoms in total. The van der Waals surface area contributed by atoms with Crippen molar-refractivity contribution in [1.29, 1.82) is 5.26 Å². The summed E-state index contributed by atoms with van der Waals surface area (Å²) >= 11 is 0. The molecule has 0 fully saturated rings. The van der Waals surface area contributed by atoms with Gasteiger partial charge < -0.3 is 25.0 Å². The van der Waals surface area contributed by atoms with Gasteiger partial charge in [-0.1, -0.05) is 0 Å². The molecule has 0 unspecified atom stereocenters. The maximum Gasteiger partial charge on any atom is 0.323 e. The van der Waals surface area contributed by atoms with Gasteiger partial charge in [0.05, 0.1) is 29.1 Å². The average Bonchev–Trinajstić information content (AvgIpc) is 2.89. The number of rotatable bonds is 9. The van der Waals surface area contributed by atoms with Crippen LogP contribution in [0, 0.1) is 28.8 Å². The molecule has 0 radical (unpaired) electrons. The van der Waals surface area contributed by atoms with Crippen LogP contribution in [0.15, 0.2) is 60.8 Å². The molecular formula is C28H24F3N5O3. The molecule has 0 saturated carbocycles. The minimum Gasteiger partial charge on any atom is -0.492 e. The van der Waals surface area contributed by atoms with E-state index in [1.54, 1.807) is 18.2 Å². The van der Waals surface area contributed by atoms with E-state index < -0.39 is 23.5 Å². The topological polar surface area (TPSA) is 99.5 Å². The number of fused-ring (bicyclic) bond motifs is 1. The van der Waals surface area contributed by atoms with Crippen LogP contribution in [0.25, 0.3) is 10.9 Å². The van der Waals surface area contributed by atoms with Gasteiger partial charge in [0.1, 0.15) is 40.8 Å². The van der Waals surface area contributed by atoms with Crippen molar-refractivity contribution in [2.45, 2.75) is 6.42 Å². The summed E-state index contributed by atoms with van der Waals surface area (Å²) in [6, 6.07) is 12.5. The first kappa shape index (κ1) is 27.2. The lowest BCUT2D eigenvalue weighted by atomic mass is 10.1. The summed E-state index contributed by atoms with van der Waals surface area (Å²) in [7, 11) is 3.93. The Morgan fingerprint density at radius 3 is 2.36 bits per heavy atom. The summed E-state index contributed by atoms with van der Waals surface area (Å²) < 4.78 is 53.2.